The Hall–Kier alpha value is -2.23. The molecule has 0 saturated heterocycles. The predicted molar refractivity (Wildman–Crippen MR) is 57.8 cm³/mol. The van der Waals surface area contributed by atoms with Crippen LogP contribution in [0, 0.1) is 11.6 Å². The topological polar surface area (TPSA) is 26.3 Å². The molecule has 0 aliphatic rings. The molecule has 17 heavy (non-hydrogen) atoms. The molecule has 0 aromatic heterocycles. The van der Waals surface area contributed by atoms with Crippen LogP contribution in [0.4, 0.5) is 8.78 Å². The van der Waals surface area contributed by atoms with Crippen LogP contribution >= 0.6 is 0 Å². The van der Waals surface area contributed by atoms with E-state index in [1.807, 2.05) is 0 Å². The highest BCUT2D eigenvalue weighted by Crippen LogP contribution is 2.21. The molecular formula is C13H8F2O2. The van der Waals surface area contributed by atoms with Crippen LogP contribution in [0.25, 0.3) is 0 Å². The summed E-state index contributed by atoms with van der Waals surface area (Å²) in [4.78, 5) is 11.6. The molecule has 0 aliphatic carbocycles. The van der Waals surface area contributed by atoms with Gasteiger partial charge in [0.2, 0.25) is 5.75 Å². The van der Waals surface area contributed by atoms with E-state index in [0.717, 1.165) is 12.1 Å². The van der Waals surface area contributed by atoms with Gasteiger partial charge in [-0.1, -0.05) is 24.3 Å². The van der Waals surface area contributed by atoms with Gasteiger partial charge in [-0.15, -0.1) is 0 Å². The lowest BCUT2D eigenvalue weighted by atomic mass is 10.2. The number of rotatable bonds is 2. The molecule has 0 unspecified atom stereocenters. The zero-order valence-electron chi connectivity index (χ0n) is 8.69. The molecule has 2 aromatic rings. The average molecular weight is 234 g/mol. The van der Waals surface area contributed by atoms with Crippen LogP contribution in [0.3, 0.4) is 0 Å². The summed E-state index contributed by atoms with van der Waals surface area (Å²) in [6.07, 6.45) is 0. The minimum atomic E-state index is -0.908. The van der Waals surface area contributed by atoms with Gasteiger partial charge in [-0.2, -0.15) is 0 Å². The van der Waals surface area contributed by atoms with Crippen molar-refractivity contribution in [2.75, 3.05) is 0 Å². The molecule has 0 amide bonds. The maximum Gasteiger partial charge on any atom is 0.343 e. The Morgan fingerprint density at radius 2 is 1.47 bits per heavy atom. The fourth-order valence-corrected chi connectivity index (χ4v) is 1.31. The van der Waals surface area contributed by atoms with E-state index in [-0.39, 0.29) is 5.56 Å². The lowest BCUT2D eigenvalue weighted by Crippen LogP contribution is -2.10. The number of ether oxygens (including phenoxy) is 1. The molecule has 0 radical (unpaired) electrons. The van der Waals surface area contributed by atoms with E-state index in [1.54, 1.807) is 18.2 Å². The number of para-hydroxylation sites is 1. The van der Waals surface area contributed by atoms with Crippen LogP contribution in [0.1, 0.15) is 10.4 Å². The van der Waals surface area contributed by atoms with Crippen molar-refractivity contribution in [1.82, 2.24) is 0 Å². The first kappa shape index (κ1) is 11.3. The summed E-state index contributed by atoms with van der Waals surface area (Å²) in [6, 6.07) is 11.2. The summed E-state index contributed by atoms with van der Waals surface area (Å²) in [5.74, 6) is -3.29. The van der Waals surface area contributed by atoms with Crippen molar-refractivity contribution in [3.05, 3.63) is 65.7 Å². The Labute approximate surface area is 96.5 Å². The highest BCUT2D eigenvalue weighted by molar-refractivity contribution is 5.91. The first-order chi connectivity index (χ1) is 8.18. The van der Waals surface area contributed by atoms with Gasteiger partial charge >= 0.3 is 5.97 Å². The molecule has 0 N–H and O–H groups in total. The lowest BCUT2D eigenvalue weighted by Gasteiger charge is -2.05. The Morgan fingerprint density at radius 1 is 0.882 bits per heavy atom. The standard InChI is InChI=1S/C13H8F2O2/c14-10-7-4-8-11(15)12(10)17-13(16)9-5-2-1-3-6-9/h1-8H. The maximum atomic E-state index is 13.2. The van der Waals surface area contributed by atoms with Gasteiger partial charge in [-0.05, 0) is 24.3 Å². The SMILES string of the molecule is O=C(Oc1c(F)cccc1F)c1ccccc1. The second kappa shape index (κ2) is 4.74. The Morgan fingerprint density at radius 3 is 2.06 bits per heavy atom. The third-order valence-electron chi connectivity index (χ3n) is 2.12. The number of hydrogen-bond acceptors (Lipinski definition) is 2. The van der Waals surface area contributed by atoms with Crippen molar-refractivity contribution >= 4 is 5.97 Å². The Kier molecular flexibility index (Phi) is 3.14. The number of esters is 1. The molecule has 0 bridgehead atoms. The molecule has 0 spiro atoms. The molecule has 2 aromatic carbocycles. The maximum absolute atomic E-state index is 13.2. The van der Waals surface area contributed by atoms with Gasteiger partial charge in [0.05, 0.1) is 5.56 Å². The predicted octanol–water partition coefficient (Wildman–Crippen LogP) is 3.18. The van der Waals surface area contributed by atoms with Crippen molar-refractivity contribution in [1.29, 1.82) is 0 Å². The highest BCUT2D eigenvalue weighted by Gasteiger charge is 2.15. The van der Waals surface area contributed by atoms with E-state index in [1.165, 1.54) is 18.2 Å². The minimum absolute atomic E-state index is 0.232. The zero-order valence-corrected chi connectivity index (χ0v) is 8.69. The van der Waals surface area contributed by atoms with Crippen molar-refractivity contribution in [3.8, 4) is 5.75 Å². The Balaban J connectivity index is 2.25. The molecule has 0 fully saturated rings. The van der Waals surface area contributed by atoms with Crippen LogP contribution in [0.2, 0.25) is 0 Å². The molecule has 0 atom stereocenters. The molecule has 0 heterocycles. The molecule has 0 saturated carbocycles. The highest BCUT2D eigenvalue weighted by atomic mass is 19.1. The van der Waals surface area contributed by atoms with Gasteiger partial charge in [0.1, 0.15) is 0 Å². The second-order valence-corrected chi connectivity index (χ2v) is 3.31. The van der Waals surface area contributed by atoms with Gasteiger partial charge in [0.25, 0.3) is 0 Å². The van der Waals surface area contributed by atoms with Crippen LogP contribution in [-0.2, 0) is 0 Å². The number of hydrogen-bond donors (Lipinski definition) is 0. The van der Waals surface area contributed by atoms with Gasteiger partial charge in [0, 0.05) is 0 Å². The van der Waals surface area contributed by atoms with E-state index in [9.17, 15) is 13.6 Å². The van der Waals surface area contributed by atoms with E-state index in [4.69, 9.17) is 0 Å². The summed E-state index contributed by atoms with van der Waals surface area (Å²) < 4.78 is 31.1. The fourth-order valence-electron chi connectivity index (χ4n) is 1.31. The van der Waals surface area contributed by atoms with Gasteiger partial charge in [0.15, 0.2) is 11.6 Å². The van der Waals surface area contributed by atoms with Gasteiger partial charge in [-0.25, -0.2) is 13.6 Å². The molecule has 4 heteroatoms. The summed E-state index contributed by atoms with van der Waals surface area (Å²) >= 11 is 0. The van der Waals surface area contributed by atoms with Crippen molar-refractivity contribution in [3.63, 3.8) is 0 Å². The molecule has 2 nitrogen and oxygen atoms in total. The summed E-state index contributed by atoms with van der Waals surface area (Å²) in [6.45, 7) is 0. The summed E-state index contributed by atoms with van der Waals surface area (Å²) in [5.41, 5.74) is 0.232. The number of carbonyl (C=O) groups excluding carboxylic acids is 1. The first-order valence-electron chi connectivity index (χ1n) is 4.90. The normalized spacial score (nSPS) is 10.0. The molecule has 86 valence electrons. The molecule has 0 aliphatic heterocycles. The summed E-state index contributed by atoms with van der Waals surface area (Å²) in [5, 5.41) is 0. The van der Waals surface area contributed by atoms with Gasteiger partial charge in [-0.3, -0.25) is 0 Å². The third kappa shape index (κ3) is 2.47. The largest absolute Gasteiger partial charge is 0.417 e. The second-order valence-electron chi connectivity index (χ2n) is 3.31. The number of carbonyl (C=O) groups is 1. The van der Waals surface area contributed by atoms with Crippen molar-refractivity contribution < 1.29 is 18.3 Å². The van der Waals surface area contributed by atoms with E-state index in [0.29, 0.717) is 0 Å². The lowest BCUT2D eigenvalue weighted by molar-refractivity contribution is 0.0720. The number of benzene rings is 2. The first-order valence-corrected chi connectivity index (χ1v) is 4.90. The molecule has 2 rings (SSSR count). The van der Waals surface area contributed by atoms with Crippen LogP contribution < -0.4 is 4.74 Å². The minimum Gasteiger partial charge on any atom is -0.417 e. The fraction of sp³-hybridized carbons (Fsp3) is 0. The van der Waals surface area contributed by atoms with E-state index < -0.39 is 23.4 Å². The average Bonchev–Trinajstić information content (AvgIpc) is 2.35. The Bertz CT molecular complexity index is 518. The van der Waals surface area contributed by atoms with Crippen molar-refractivity contribution in [2.24, 2.45) is 0 Å². The van der Waals surface area contributed by atoms with E-state index >= 15 is 0 Å². The van der Waals surface area contributed by atoms with Crippen LogP contribution in [-0.4, -0.2) is 5.97 Å². The van der Waals surface area contributed by atoms with E-state index in [2.05, 4.69) is 4.74 Å². The monoisotopic (exact) mass is 234 g/mol. The summed E-state index contributed by atoms with van der Waals surface area (Å²) in [7, 11) is 0. The smallest absolute Gasteiger partial charge is 0.343 e. The number of halogens is 2. The zero-order chi connectivity index (χ0) is 12.3. The third-order valence-corrected chi connectivity index (χ3v) is 2.12. The molecular weight excluding hydrogens is 226 g/mol. The quantitative estimate of drug-likeness (QED) is 0.589. The van der Waals surface area contributed by atoms with Crippen LogP contribution in [0.5, 0.6) is 5.75 Å². The van der Waals surface area contributed by atoms with Gasteiger partial charge < -0.3 is 4.74 Å². The van der Waals surface area contributed by atoms with Crippen LogP contribution in [0.15, 0.2) is 48.5 Å². The van der Waals surface area contributed by atoms with Crippen molar-refractivity contribution in [2.45, 2.75) is 0 Å².